The van der Waals surface area contributed by atoms with Gasteiger partial charge in [-0.15, -0.1) is 0 Å². The van der Waals surface area contributed by atoms with Gasteiger partial charge in [0.05, 0.1) is 13.2 Å². The zero-order chi connectivity index (χ0) is 13.8. The summed E-state index contributed by atoms with van der Waals surface area (Å²) in [5.41, 5.74) is 2.82. The summed E-state index contributed by atoms with van der Waals surface area (Å²) in [5, 5.41) is 3.54. The molecule has 1 aromatic rings. The number of nitrogens with zero attached hydrogens (tertiary/aromatic N) is 1. The molecule has 2 aliphatic rings. The Morgan fingerprint density at radius 2 is 2.00 bits per heavy atom. The van der Waals surface area contributed by atoms with E-state index in [-0.39, 0.29) is 5.91 Å². The second-order valence-electron chi connectivity index (χ2n) is 5.58. The van der Waals surface area contributed by atoms with Crippen LogP contribution in [-0.4, -0.2) is 43.2 Å². The Morgan fingerprint density at radius 3 is 2.80 bits per heavy atom. The smallest absolute Gasteiger partial charge is 0.222 e. The van der Waals surface area contributed by atoms with Gasteiger partial charge in [-0.3, -0.25) is 4.79 Å². The van der Waals surface area contributed by atoms with E-state index in [9.17, 15) is 4.79 Å². The topological polar surface area (TPSA) is 41.6 Å². The number of benzene rings is 1. The summed E-state index contributed by atoms with van der Waals surface area (Å²) < 4.78 is 5.28. The molecule has 1 aromatic carbocycles. The molecular weight excluding hydrogens is 252 g/mol. The highest BCUT2D eigenvalue weighted by Crippen LogP contribution is 2.18. The van der Waals surface area contributed by atoms with E-state index >= 15 is 0 Å². The number of carbonyl (C=O) groups excluding carboxylic acids is 1. The molecule has 0 radical (unpaired) electrons. The lowest BCUT2D eigenvalue weighted by Crippen LogP contribution is -2.42. The van der Waals surface area contributed by atoms with Gasteiger partial charge in [-0.2, -0.15) is 0 Å². The van der Waals surface area contributed by atoms with Gasteiger partial charge in [0.2, 0.25) is 5.91 Å². The average molecular weight is 274 g/mol. The Bertz CT molecular complexity index is 469. The molecule has 4 heteroatoms. The van der Waals surface area contributed by atoms with Crippen LogP contribution in [0.4, 0.5) is 0 Å². The number of rotatable bonds is 3. The first-order chi connectivity index (χ1) is 9.83. The zero-order valence-corrected chi connectivity index (χ0v) is 11.8. The van der Waals surface area contributed by atoms with Crippen molar-refractivity contribution < 1.29 is 9.53 Å². The van der Waals surface area contributed by atoms with Crippen LogP contribution in [0.3, 0.4) is 0 Å². The second kappa shape index (κ2) is 6.37. The lowest BCUT2D eigenvalue weighted by atomic mass is 9.93. The fourth-order valence-corrected chi connectivity index (χ4v) is 2.99. The first-order valence-electron chi connectivity index (χ1n) is 7.48. The number of ether oxygens (including phenoxy) is 1. The largest absolute Gasteiger partial charge is 0.378 e. The molecule has 20 heavy (non-hydrogen) atoms. The van der Waals surface area contributed by atoms with Gasteiger partial charge in [0, 0.05) is 32.1 Å². The number of hydrogen-bond acceptors (Lipinski definition) is 3. The monoisotopic (exact) mass is 274 g/mol. The van der Waals surface area contributed by atoms with Crippen LogP contribution in [0.15, 0.2) is 24.3 Å². The number of morpholine rings is 1. The molecule has 0 spiro atoms. The fraction of sp³-hybridized carbons (Fsp3) is 0.562. The fourth-order valence-electron chi connectivity index (χ4n) is 2.99. The van der Waals surface area contributed by atoms with Crippen molar-refractivity contribution in [1.29, 1.82) is 0 Å². The van der Waals surface area contributed by atoms with E-state index in [1.807, 2.05) is 4.90 Å². The molecule has 1 unspecified atom stereocenters. The lowest BCUT2D eigenvalue weighted by molar-refractivity contribution is -0.135. The Balaban J connectivity index is 1.49. The normalized spacial score (nSPS) is 22.4. The van der Waals surface area contributed by atoms with Crippen LogP contribution in [-0.2, 0) is 22.5 Å². The van der Waals surface area contributed by atoms with Gasteiger partial charge in [-0.25, -0.2) is 0 Å². The first kappa shape index (κ1) is 13.6. The molecule has 108 valence electrons. The molecule has 0 aliphatic carbocycles. The maximum Gasteiger partial charge on any atom is 0.222 e. The highest BCUT2D eigenvalue weighted by Gasteiger charge is 2.21. The molecule has 1 fully saturated rings. The quantitative estimate of drug-likeness (QED) is 0.904. The molecule has 1 amide bonds. The SMILES string of the molecule is O=C(CCC1Cc2ccccc2CN1)N1CCOCC1. The standard InChI is InChI=1S/C16H22N2O2/c19-16(18-7-9-20-10-8-18)6-5-15-11-13-3-1-2-4-14(13)12-17-15/h1-4,15,17H,5-12H2. The Hall–Kier alpha value is -1.39. The van der Waals surface area contributed by atoms with Crippen molar-refractivity contribution >= 4 is 5.91 Å². The Morgan fingerprint density at radius 1 is 1.25 bits per heavy atom. The molecular formula is C16H22N2O2. The van der Waals surface area contributed by atoms with E-state index in [0.717, 1.165) is 32.5 Å². The van der Waals surface area contributed by atoms with Crippen molar-refractivity contribution in [2.24, 2.45) is 0 Å². The lowest BCUT2D eigenvalue weighted by Gasteiger charge is -2.29. The van der Waals surface area contributed by atoms with E-state index in [4.69, 9.17) is 4.74 Å². The van der Waals surface area contributed by atoms with Crippen molar-refractivity contribution in [2.45, 2.75) is 31.8 Å². The minimum absolute atomic E-state index is 0.272. The van der Waals surface area contributed by atoms with E-state index in [1.165, 1.54) is 11.1 Å². The van der Waals surface area contributed by atoms with Gasteiger partial charge in [0.1, 0.15) is 0 Å². The first-order valence-corrected chi connectivity index (χ1v) is 7.48. The highest BCUT2D eigenvalue weighted by molar-refractivity contribution is 5.76. The molecule has 1 atom stereocenters. The van der Waals surface area contributed by atoms with Crippen LogP contribution in [0.5, 0.6) is 0 Å². The molecule has 3 rings (SSSR count). The van der Waals surface area contributed by atoms with Crippen molar-refractivity contribution in [3.05, 3.63) is 35.4 Å². The van der Waals surface area contributed by atoms with Gasteiger partial charge in [-0.05, 0) is 24.0 Å². The number of amides is 1. The zero-order valence-electron chi connectivity index (χ0n) is 11.8. The third kappa shape index (κ3) is 3.19. The van der Waals surface area contributed by atoms with E-state index < -0.39 is 0 Å². The van der Waals surface area contributed by atoms with Crippen LogP contribution >= 0.6 is 0 Å². The van der Waals surface area contributed by atoms with Crippen LogP contribution < -0.4 is 5.32 Å². The predicted molar refractivity (Wildman–Crippen MR) is 77.4 cm³/mol. The molecule has 0 aromatic heterocycles. The van der Waals surface area contributed by atoms with Crippen molar-refractivity contribution in [1.82, 2.24) is 10.2 Å². The van der Waals surface area contributed by atoms with Crippen molar-refractivity contribution in [3.63, 3.8) is 0 Å². The second-order valence-corrected chi connectivity index (χ2v) is 5.58. The van der Waals surface area contributed by atoms with Gasteiger partial charge >= 0.3 is 0 Å². The van der Waals surface area contributed by atoms with Gasteiger partial charge < -0.3 is 15.0 Å². The van der Waals surface area contributed by atoms with Gasteiger partial charge in [0.25, 0.3) is 0 Å². The van der Waals surface area contributed by atoms with Crippen LogP contribution in [0, 0.1) is 0 Å². The van der Waals surface area contributed by atoms with E-state index in [1.54, 1.807) is 0 Å². The molecule has 2 aliphatic heterocycles. The molecule has 2 heterocycles. The van der Waals surface area contributed by atoms with Crippen LogP contribution in [0.2, 0.25) is 0 Å². The minimum Gasteiger partial charge on any atom is -0.378 e. The van der Waals surface area contributed by atoms with Crippen LogP contribution in [0.25, 0.3) is 0 Å². The third-order valence-corrected chi connectivity index (χ3v) is 4.24. The van der Waals surface area contributed by atoms with Crippen molar-refractivity contribution in [3.8, 4) is 0 Å². The Kier molecular flexibility index (Phi) is 4.33. The van der Waals surface area contributed by atoms with E-state index in [2.05, 4.69) is 29.6 Å². The average Bonchev–Trinajstić information content (AvgIpc) is 2.53. The van der Waals surface area contributed by atoms with Gasteiger partial charge in [-0.1, -0.05) is 24.3 Å². The summed E-state index contributed by atoms with van der Waals surface area (Å²) in [7, 11) is 0. The summed E-state index contributed by atoms with van der Waals surface area (Å²) >= 11 is 0. The third-order valence-electron chi connectivity index (χ3n) is 4.24. The Labute approximate surface area is 120 Å². The number of nitrogens with one attached hydrogen (secondary N) is 1. The highest BCUT2D eigenvalue weighted by atomic mass is 16.5. The number of hydrogen-bond donors (Lipinski definition) is 1. The summed E-state index contributed by atoms with van der Waals surface area (Å²) in [6.45, 7) is 3.79. The number of fused-ring (bicyclic) bond motifs is 1. The summed E-state index contributed by atoms with van der Waals surface area (Å²) in [6, 6.07) is 8.99. The minimum atomic E-state index is 0.272. The van der Waals surface area contributed by atoms with Crippen LogP contribution in [0.1, 0.15) is 24.0 Å². The van der Waals surface area contributed by atoms with Gasteiger partial charge in [0.15, 0.2) is 0 Å². The molecule has 1 N–H and O–H groups in total. The summed E-state index contributed by atoms with van der Waals surface area (Å²) in [5.74, 6) is 0.272. The summed E-state index contributed by atoms with van der Waals surface area (Å²) in [4.78, 5) is 14.1. The summed E-state index contributed by atoms with van der Waals surface area (Å²) in [6.07, 6.45) is 2.59. The maximum absolute atomic E-state index is 12.1. The van der Waals surface area contributed by atoms with E-state index in [0.29, 0.717) is 25.7 Å². The number of carbonyl (C=O) groups is 1. The van der Waals surface area contributed by atoms with Crippen molar-refractivity contribution in [2.75, 3.05) is 26.3 Å². The molecule has 4 nitrogen and oxygen atoms in total. The predicted octanol–water partition coefficient (Wildman–Crippen LogP) is 1.34. The molecule has 1 saturated heterocycles. The molecule has 0 saturated carbocycles. The maximum atomic E-state index is 12.1. The molecule has 0 bridgehead atoms.